The number of carbonyl (C=O) groups excluding carboxylic acids is 2. The summed E-state index contributed by atoms with van der Waals surface area (Å²) in [6.07, 6.45) is 6.36. The Kier molecular flexibility index (Phi) is 10.4. The molecule has 2 aromatic carbocycles. The molecule has 1 aliphatic carbocycles. The minimum absolute atomic E-state index is 0.0186. The fourth-order valence-electron chi connectivity index (χ4n) is 4.66. The molecule has 1 saturated carbocycles. The summed E-state index contributed by atoms with van der Waals surface area (Å²) in [7, 11) is 1.65. The second-order valence-corrected chi connectivity index (χ2v) is 9.26. The van der Waals surface area contributed by atoms with Crippen LogP contribution < -0.4 is 10.1 Å². The molecular formula is C28H38N2O5. The van der Waals surface area contributed by atoms with Crippen LogP contribution in [0.2, 0.25) is 0 Å². The van der Waals surface area contributed by atoms with E-state index in [9.17, 15) is 19.7 Å². The van der Waals surface area contributed by atoms with Crippen LogP contribution in [0, 0.1) is 35.8 Å². The van der Waals surface area contributed by atoms with Crippen LogP contribution in [0.5, 0.6) is 5.75 Å². The summed E-state index contributed by atoms with van der Waals surface area (Å²) in [5.74, 6) is 1.84. The lowest BCUT2D eigenvalue weighted by Gasteiger charge is -2.27. The monoisotopic (exact) mass is 482 g/mol. The zero-order valence-corrected chi connectivity index (χ0v) is 21.8. The maximum Gasteiger partial charge on any atom is 0.270 e. The number of non-ortho nitro benzene ring substituents is 1. The number of amides is 1. The van der Waals surface area contributed by atoms with Crippen molar-refractivity contribution in [2.24, 2.45) is 11.8 Å². The van der Waals surface area contributed by atoms with Crippen molar-refractivity contribution in [3.63, 3.8) is 0 Å². The number of methoxy groups -OCH3 is 1. The third-order valence-electron chi connectivity index (χ3n) is 6.87. The van der Waals surface area contributed by atoms with Gasteiger partial charge in [0.1, 0.15) is 5.75 Å². The zero-order valence-electron chi connectivity index (χ0n) is 21.8. The lowest BCUT2D eigenvalue weighted by atomic mass is 9.80. The van der Waals surface area contributed by atoms with Crippen molar-refractivity contribution < 1.29 is 19.2 Å². The molecule has 2 aromatic rings. The van der Waals surface area contributed by atoms with E-state index in [-0.39, 0.29) is 23.3 Å². The summed E-state index contributed by atoms with van der Waals surface area (Å²) in [5, 5.41) is 13.6. The van der Waals surface area contributed by atoms with Gasteiger partial charge in [0.25, 0.3) is 5.69 Å². The van der Waals surface area contributed by atoms with E-state index in [2.05, 4.69) is 12.2 Å². The van der Waals surface area contributed by atoms with E-state index in [1.54, 1.807) is 14.0 Å². The highest BCUT2D eigenvalue weighted by atomic mass is 16.6. The summed E-state index contributed by atoms with van der Waals surface area (Å²) < 4.78 is 5.29. The summed E-state index contributed by atoms with van der Waals surface area (Å²) in [5.41, 5.74) is 4.05. The van der Waals surface area contributed by atoms with Gasteiger partial charge in [-0.25, -0.2) is 0 Å². The Morgan fingerprint density at radius 2 is 1.71 bits per heavy atom. The Morgan fingerprint density at radius 1 is 1.06 bits per heavy atom. The molecule has 0 heterocycles. The number of ketones is 1. The second-order valence-electron chi connectivity index (χ2n) is 9.26. The van der Waals surface area contributed by atoms with E-state index in [4.69, 9.17) is 4.74 Å². The van der Waals surface area contributed by atoms with Gasteiger partial charge in [-0.15, -0.1) is 0 Å². The average molecular weight is 483 g/mol. The summed E-state index contributed by atoms with van der Waals surface area (Å²) in [4.78, 5) is 33.8. The molecule has 0 aliphatic heterocycles. The highest BCUT2D eigenvalue weighted by molar-refractivity contribution is 5.96. The predicted molar refractivity (Wildman–Crippen MR) is 139 cm³/mol. The van der Waals surface area contributed by atoms with Gasteiger partial charge in [-0.1, -0.05) is 26.3 Å². The first-order valence-electron chi connectivity index (χ1n) is 12.3. The molecule has 3 rings (SSSR count). The number of Topliss-reactive ketones (excluding diaryl/α,β-unsaturated/α-hetero) is 1. The highest BCUT2D eigenvalue weighted by Crippen LogP contribution is 2.32. The molecule has 0 radical (unpaired) electrons. The number of ether oxygens (including phenoxy) is 1. The molecule has 1 fully saturated rings. The van der Waals surface area contributed by atoms with Gasteiger partial charge in [0.2, 0.25) is 5.91 Å². The van der Waals surface area contributed by atoms with E-state index in [1.807, 2.05) is 32.0 Å². The summed E-state index contributed by atoms with van der Waals surface area (Å²) in [6.45, 7) is 9.39. The van der Waals surface area contributed by atoms with E-state index in [0.717, 1.165) is 46.9 Å². The Labute approximate surface area is 208 Å². The Balaban J connectivity index is 0.000000258. The normalized spacial score (nSPS) is 17.1. The van der Waals surface area contributed by atoms with Crippen LogP contribution in [-0.4, -0.2) is 23.7 Å². The standard InChI is InChI=1S/C17H25NO2.C11H13NO3/c1-4-13-6-8-14(9-7-13)17(19)18-15-10-5-12(2)16(11-15)20-3;1-4-10-7(2)5-9(12(14)15)6-11(10)8(3)13/h5,10-11,13-14H,4,6-9H2,1-3H3,(H,18,19);5-6H,4H2,1-3H3. The number of nitrogens with one attached hydrogen (secondary N) is 1. The molecule has 35 heavy (non-hydrogen) atoms. The molecule has 0 aromatic heterocycles. The molecule has 1 aliphatic rings. The van der Waals surface area contributed by atoms with Crippen molar-refractivity contribution in [3.8, 4) is 5.75 Å². The van der Waals surface area contributed by atoms with Crippen molar-refractivity contribution in [2.45, 2.75) is 73.1 Å². The molecule has 0 atom stereocenters. The molecule has 1 amide bonds. The Morgan fingerprint density at radius 3 is 2.23 bits per heavy atom. The van der Waals surface area contributed by atoms with E-state index >= 15 is 0 Å². The van der Waals surface area contributed by atoms with Crippen LogP contribution in [0.25, 0.3) is 0 Å². The van der Waals surface area contributed by atoms with E-state index in [1.165, 1.54) is 38.3 Å². The lowest BCUT2D eigenvalue weighted by molar-refractivity contribution is -0.384. The van der Waals surface area contributed by atoms with Crippen LogP contribution in [0.1, 0.15) is 79.9 Å². The highest BCUT2D eigenvalue weighted by Gasteiger charge is 2.25. The van der Waals surface area contributed by atoms with E-state index in [0.29, 0.717) is 12.0 Å². The molecular weight excluding hydrogens is 444 g/mol. The average Bonchev–Trinajstić information content (AvgIpc) is 2.84. The predicted octanol–water partition coefficient (Wildman–Crippen LogP) is 6.83. The number of nitro benzene ring substituents is 1. The minimum Gasteiger partial charge on any atom is -0.496 e. The fourth-order valence-corrected chi connectivity index (χ4v) is 4.66. The quantitative estimate of drug-likeness (QED) is 0.265. The second kappa shape index (κ2) is 13.0. The van der Waals surface area contributed by atoms with Gasteiger partial charge >= 0.3 is 0 Å². The van der Waals surface area contributed by atoms with Crippen LogP contribution in [0.4, 0.5) is 11.4 Å². The van der Waals surface area contributed by atoms with Crippen LogP contribution in [0.3, 0.4) is 0 Å². The molecule has 7 heteroatoms. The minimum atomic E-state index is -0.473. The largest absolute Gasteiger partial charge is 0.496 e. The SMILES string of the molecule is CCC1CCC(C(=O)Nc2ccc(C)c(OC)c2)CC1.CCc1c(C)cc([N+](=O)[O-])cc1C(C)=O. The van der Waals surface area contributed by atoms with Gasteiger partial charge in [0, 0.05) is 35.4 Å². The topological polar surface area (TPSA) is 98.5 Å². The maximum absolute atomic E-state index is 12.3. The van der Waals surface area contributed by atoms with Gasteiger partial charge < -0.3 is 10.1 Å². The fraction of sp³-hybridized carbons (Fsp3) is 0.500. The molecule has 7 nitrogen and oxygen atoms in total. The van der Waals surface area contributed by atoms with Crippen molar-refractivity contribution >= 4 is 23.1 Å². The van der Waals surface area contributed by atoms with Crippen molar-refractivity contribution in [1.29, 1.82) is 0 Å². The Hall–Kier alpha value is -3.22. The smallest absolute Gasteiger partial charge is 0.270 e. The van der Waals surface area contributed by atoms with Gasteiger partial charge in [0.05, 0.1) is 12.0 Å². The molecule has 0 spiro atoms. The molecule has 0 saturated heterocycles. The van der Waals surface area contributed by atoms with Gasteiger partial charge in [-0.3, -0.25) is 19.7 Å². The number of rotatable bonds is 7. The number of hydrogen-bond donors (Lipinski definition) is 1. The van der Waals surface area contributed by atoms with E-state index < -0.39 is 4.92 Å². The molecule has 190 valence electrons. The first kappa shape index (κ1) is 28.0. The number of carbonyl (C=O) groups is 2. The summed E-state index contributed by atoms with van der Waals surface area (Å²) in [6, 6.07) is 8.67. The number of nitro groups is 1. The number of benzene rings is 2. The first-order valence-corrected chi connectivity index (χ1v) is 12.3. The number of anilines is 1. The number of aryl methyl sites for hydroxylation is 2. The van der Waals surface area contributed by atoms with Gasteiger partial charge in [-0.2, -0.15) is 0 Å². The number of hydrogen-bond acceptors (Lipinski definition) is 5. The van der Waals surface area contributed by atoms with Crippen molar-refractivity contribution in [1.82, 2.24) is 0 Å². The molecule has 1 N–H and O–H groups in total. The Bertz CT molecular complexity index is 1060. The zero-order chi connectivity index (χ0) is 26.1. The van der Waals surface area contributed by atoms with Gasteiger partial charge in [-0.05, 0) is 81.5 Å². The van der Waals surface area contributed by atoms with Crippen LogP contribution >= 0.6 is 0 Å². The molecule has 0 unspecified atom stereocenters. The third-order valence-corrected chi connectivity index (χ3v) is 6.87. The number of nitrogens with zero attached hydrogens (tertiary/aromatic N) is 1. The first-order chi connectivity index (χ1) is 16.6. The van der Waals surface area contributed by atoms with Crippen LogP contribution in [-0.2, 0) is 11.2 Å². The van der Waals surface area contributed by atoms with Crippen molar-refractivity contribution in [2.75, 3.05) is 12.4 Å². The summed E-state index contributed by atoms with van der Waals surface area (Å²) >= 11 is 0. The molecule has 0 bridgehead atoms. The van der Waals surface area contributed by atoms with Gasteiger partial charge in [0.15, 0.2) is 5.78 Å². The maximum atomic E-state index is 12.3. The lowest BCUT2D eigenvalue weighted by Crippen LogP contribution is -2.27. The third kappa shape index (κ3) is 7.64. The van der Waals surface area contributed by atoms with Crippen LogP contribution in [0.15, 0.2) is 30.3 Å². The van der Waals surface area contributed by atoms with Crippen molar-refractivity contribution in [3.05, 3.63) is 62.7 Å².